The van der Waals surface area contributed by atoms with Gasteiger partial charge in [-0.2, -0.15) is 0 Å². The van der Waals surface area contributed by atoms with Crippen LogP contribution in [0, 0.1) is 0 Å². The zero-order valence-electron chi connectivity index (χ0n) is 11.8. The molecule has 112 valence electrons. The Labute approximate surface area is 124 Å². The lowest BCUT2D eigenvalue weighted by Crippen LogP contribution is -2.30. The Morgan fingerprint density at radius 1 is 1.50 bits per heavy atom. The van der Waals surface area contributed by atoms with Crippen molar-refractivity contribution in [1.29, 1.82) is 0 Å². The summed E-state index contributed by atoms with van der Waals surface area (Å²) in [6.45, 7) is 2.97. The number of hydrogen-bond acceptors (Lipinski definition) is 4. The second-order valence-electron chi connectivity index (χ2n) is 4.46. The van der Waals surface area contributed by atoms with Crippen LogP contribution in [0.5, 0.6) is 5.75 Å². The van der Waals surface area contributed by atoms with Crippen LogP contribution < -0.4 is 15.8 Å². The zero-order valence-corrected chi connectivity index (χ0v) is 12.6. The number of halogens is 1. The molecule has 0 saturated heterocycles. The highest BCUT2D eigenvalue weighted by molar-refractivity contribution is 6.30. The number of carbonyl (C=O) groups excluding carboxylic acids is 1. The minimum atomic E-state index is -0.214. The molecule has 1 rings (SSSR count). The summed E-state index contributed by atoms with van der Waals surface area (Å²) in [4.78, 5) is 11.6. The molecule has 0 aliphatic heterocycles. The van der Waals surface area contributed by atoms with Crippen molar-refractivity contribution in [2.24, 2.45) is 5.73 Å². The Balaban J connectivity index is 2.47. The summed E-state index contributed by atoms with van der Waals surface area (Å²) in [6, 6.07) is 4.96. The first-order valence-electron chi connectivity index (χ1n) is 6.48. The lowest BCUT2D eigenvalue weighted by Gasteiger charge is -2.14. The average molecular weight is 301 g/mol. The van der Waals surface area contributed by atoms with Gasteiger partial charge in [0.2, 0.25) is 0 Å². The van der Waals surface area contributed by atoms with Gasteiger partial charge < -0.3 is 20.5 Å². The fourth-order valence-electron chi connectivity index (χ4n) is 1.65. The van der Waals surface area contributed by atoms with Crippen molar-refractivity contribution >= 4 is 17.5 Å². The van der Waals surface area contributed by atoms with E-state index in [1.165, 1.54) is 0 Å². The van der Waals surface area contributed by atoms with E-state index in [-0.39, 0.29) is 18.6 Å². The molecule has 20 heavy (non-hydrogen) atoms. The van der Waals surface area contributed by atoms with Crippen LogP contribution in [0.3, 0.4) is 0 Å². The maximum Gasteiger partial charge on any atom is 0.257 e. The van der Waals surface area contributed by atoms with Gasteiger partial charge in [0, 0.05) is 36.9 Å². The lowest BCUT2D eigenvalue weighted by atomic mass is 10.1. The predicted molar refractivity (Wildman–Crippen MR) is 79.1 cm³/mol. The molecule has 0 unspecified atom stereocenters. The SMILES string of the molecule is COCCCNC(=O)COc1ccc(Cl)cc1[C@H](C)N. The molecule has 1 aromatic carbocycles. The molecule has 0 radical (unpaired) electrons. The molecule has 0 fully saturated rings. The van der Waals surface area contributed by atoms with Crippen LogP contribution in [0.4, 0.5) is 0 Å². The minimum Gasteiger partial charge on any atom is -0.483 e. The normalized spacial score (nSPS) is 12.0. The minimum absolute atomic E-state index is 0.0473. The Hall–Kier alpha value is -1.30. The summed E-state index contributed by atoms with van der Waals surface area (Å²) >= 11 is 5.92. The second-order valence-corrected chi connectivity index (χ2v) is 4.89. The van der Waals surface area contributed by atoms with Gasteiger partial charge in [-0.3, -0.25) is 4.79 Å². The van der Waals surface area contributed by atoms with E-state index in [9.17, 15) is 4.79 Å². The van der Waals surface area contributed by atoms with Crippen molar-refractivity contribution in [1.82, 2.24) is 5.32 Å². The number of nitrogens with two attached hydrogens (primary N) is 1. The number of ether oxygens (including phenoxy) is 2. The first-order valence-corrected chi connectivity index (χ1v) is 6.86. The molecule has 1 amide bonds. The maximum atomic E-state index is 11.6. The number of methoxy groups -OCH3 is 1. The van der Waals surface area contributed by atoms with E-state index >= 15 is 0 Å². The zero-order chi connectivity index (χ0) is 15.0. The van der Waals surface area contributed by atoms with Crippen molar-refractivity contribution in [3.63, 3.8) is 0 Å². The standard InChI is InChI=1S/C14H21ClN2O3/c1-10(16)12-8-11(15)4-5-13(12)20-9-14(18)17-6-3-7-19-2/h4-5,8,10H,3,6-7,9,16H2,1-2H3,(H,17,18)/t10-/m0/s1. The third-order valence-electron chi connectivity index (χ3n) is 2.67. The molecule has 6 heteroatoms. The van der Waals surface area contributed by atoms with Crippen LogP contribution >= 0.6 is 11.6 Å². The Morgan fingerprint density at radius 2 is 2.25 bits per heavy atom. The van der Waals surface area contributed by atoms with Crippen molar-refractivity contribution in [2.45, 2.75) is 19.4 Å². The molecular weight excluding hydrogens is 280 g/mol. The van der Waals surface area contributed by atoms with Crippen LogP contribution in [0.15, 0.2) is 18.2 Å². The van der Waals surface area contributed by atoms with E-state index in [1.54, 1.807) is 25.3 Å². The average Bonchev–Trinajstić information content (AvgIpc) is 2.42. The topological polar surface area (TPSA) is 73.6 Å². The molecule has 0 aliphatic carbocycles. The first kappa shape index (κ1) is 16.8. The largest absolute Gasteiger partial charge is 0.483 e. The summed E-state index contributed by atoms with van der Waals surface area (Å²) < 4.78 is 10.4. The summed E-state index contributed by atoms with van der Waals surface area (Å²) in [6.07, 6.45) is 0.772. The van der Waals surface area contributed by atoms with Gasteiger partial charge in [0.25, 0.3) is 5.91 Å². The van der Waals surface area contributed by atoms with E-state index in [0.717, 1.165) is 12.0 Å². The summed E-state index contributed by atoms with van der Waals surface area (Å²) in [5, 5.41) is 3.34. The van der Waals surface area contributed by atoms with E-state index in [4.69, 9.17) is 26.8 Å². The maximum absolute atomic E-state index is 11.6. The van der Waals surface area contributed by atoms with E-state index in [1.807, 2.05) is 6.92 Å². The molecule has 0 heterocycles. The second kappa shape index (κ2) is 8.79. The van der Waals surface area contributed by atoms with Gasteiger partial charge in [-0.05, 0) is 31.5 Å². The summed E-state index contributed by atoms with van der Waals surface area (Å²) in [5.41, 5.74) is 6.63. The monoisotopic (exact) mass is 300 g/mol. The van der Waals surface area contributed by atoms with Gasteiger partial charge in [-0.1, -0.05) is 11.6 Å². The van der Waals surface area contributed by atoms with Crippen LogP contribution in [-0.2, 0) is 9.53 Å². The van der Waals surface area contributed by atoms with Crippen LogP contribution in [0.2, 0.25) is 5.02 Å². The summed E-state index contributed by atoms with van der Waals surface area (Å²) in [5.74, 6) is 0.406. The van der Waals surface area contributed by atoms with Gasteiger partial charge >= 0.3 is 0 Å². The molecule has 0 aromatic heterocycles. The molecule has 1 aromatic rings. The van der Waals surface area contributed by atoms with E-state index in [2.05, 4.69) is 5.32 Å². The van der Waals surface area contributed by atoms with Gasteiger partial charge in [0.15, 0.2) is 6.61 Å². The highest BCUT2D eigenvalue weighted by Gasteiger charge is 2.10. The molecule has 5 nitrogen and oxygen atoms in total. The lowest BCUT2D eigenvalue weighted by molar-refractivity contribution is -0.123. The Bertz CT molecular complexity index is 438. The van der Waals surface area contributed by atoms with Crippen LogP contribution in [0.1, 0.15) is 24.9 Å². The van der Waals surface area contributed by atoms with Crippen molar-refractivity contribution in [3.05, 3.63) is 28.8 Å². The molecule has 3 N–H and O–H groups in total. The number of hydrogen-bond donors (Lipinski definition) is 2. The van der Waals surface area contributed by atoms with Crippen molar-refractivity contribution in [2.75, 3.05) is 26.9 Å². The highest BCUT2D eigenvalue weighted by atomic mass is 35.5. The van der Waals surface area contributed by atoms with Gasteiger partial charge in [-0.15, -0.1) is 0 Å². The highest BCUT2D eigenvalue weighted by Crippen LogP contribution is 2.27. The summed E-state index contributed by atoms with van der Waals surface area (Å²) in [7, 11) is 1.63. The molecule has 0 bridgehead atoms. The number of rotatable bonds is 8. The third-order valence-corrected chi connectivity index (χ3v) is 2.90. The van der Waals surface area contributed by atoms with Crippen molar-refractivity contribution < 1.29 is 14.3 Å². The van der Waals surface area contributed by atoms with Crippen LogP contribution in [-0.4, -0.2) is 32.8 Å². The van der Waals surface area contributed by atoms with E-state index in [0.29, 0.717) is 23.9 Å². The smallest absolute Gasteiger partial charge is 0.257 e. The number of nitrogens with one attached hydrogen (secondary N) is 1. The van der Waals surface area contributed by atoms with Gasteiger partial charge in [0.1, 0.15) is 5.75 Å². The molecule has 1 atom stereocenters. The Kier molecular flexibility index (Phi) is 7.36. The van der Waals surface area contributed by atoms with Crippen LogP contribution in [0.25, 0.3) is 0 Å². The molecule has 0 aliphatic rings. The fourth-order valence-corrected chi connectivity index (χ4v) is 1.83. The van der Waals surface area contributed by atoms with Gasteiger partial charge in [-0.25, -0.2) is 0 Å². The molecule has 0 spiro atoms. The molecular formula is C14H21ClN2O3. The fraction of sp³-hybridized carbons (Fsp3) is 0.500. The van der Waals surface area contributed by atoms with E-state index < -0.39 is 0 Å². The van der Waals surface area contributed by atoms with Gasteiger partial charge in [0.05, 0.1) is 0 Å². The predicted octanol–water partition coefficient (Wildman–Crippen LogP) is 1.89. The van der Waals surface area contributed by atoms with Crippen molar-refractivity contribution in [3.8, 4) is 5.75 Å². The number of carbonyl (C=O) groups is 1. The molecule has 0 saturated carbocycles. The quantitative estimate of drug-likeness (QED) is 0.719. The number of amides is 1. The Morgan fingerprint density at radius 3 is 2.90 bits per heavy atom. The number of benzene rings is 1. The first-order chi connectivity index (χ1) is 9.54. The third kappa shape index (κ3) is 5.77.